The quantitative estimate of drug-likeness (QED) is 0.489. The van der Waals surface area contributed by atoms with Gasteiger partial charge in [0.25, 0.3) is 0 Å². The predicted octanol–water partition coefficient (Wildman–Crippen LogP) is 3.62. The first-order valence-corrected chi connectivity index (χ1v) is 12.6. The molecule has 3 heterocycles. The van der Waals surface area contributed by atoms with Crippen molar-refractivity contribution in [3.8, 4) is 10.6 Å². The number of sulfonamides is 1. The molecule has 8 nitrogen and oxygen atoms in total. The number of halogens is 4. The van der Waals surface area contributed by atoms with Gasteiger partial charge in [0, 0.05) is 12.2 Å². The summed E-state index contributed by atoms with van der Waals surface area (Å²) in [6.45, 7) is 1.60. The lowest BCUT2D eigenvalue weighted by Crippen LogP contribution is -2.48. The topological polar surface area (TPSA) is 105 Å². The summed E-state index contributed by atoms with van der Waals surface area (Å²) in [7, 11) is -4.05. The van der Waals surface area contributed by atoms with Gasteiger partial charge in [0.15, 0.2) is 5.01 Å². The molecule has 2 aromatic heterocycles. The molecule has 35 heavy (non-hydrogen) atoms. The molecule has 1 amide bonds. The summed E-state index contributed by atoms with van der Waals surface area (Å²) in [5, 5.41) is 1.64. The molecule has 14 heteroatoms. The highest BCUT2D eigenvalue weighted by Gasteiger charge is 2.43. The van der Waals surface area contributed by atoms with Crippen molar-refractivity contribution in [2.45, 2.75) is 49.5 Å². The van der Waals surface area contributed by atoms with E-state index in [4.69, 9.17) is 0 Å². The van der Waals surface area contributed by atoms with Gasteiger partial charge >= 0.3 is 6.18 Å². The van der Waals surface area contributed by atoms with E-state index in [9.17, 15) is 30.8 Å². The number of carbonyl (C=O) groups excluding carboxylic acids is 1. The van der Waals surface area contributed by atoms with Gasteiger partial charge in [-0.1, -0.05) is 0 Å². The van der Waals surface area contributed by atoms with Crippen LogP contribution in [0.15, 0.2) is 47.8 Å². The van der Waals surface area contributed by atoms with Crippen molar-refractivity contribution in [1.29, 1.82) is 0 Å². The first-order valence-electron chi connectivity index (χ1n) is 10.4. The molecule has 1 aromatic carbocycles. The monoisotopic (exact) mass is 529 g/mol. The zero-order chi connectivity index (χ0) is 25.4. The fraction of sp³-hybridized carbons (Fsp3) is 0.333. The first-order chi connectivity index (χ1) is 16.5. The number of hydrogen-bond donors (Lipinski definition) is 1. The van der Waals surface area contributed by atoms with Crippen LogP contribution in [0.1, 0.15) is 30.5 Å². The van der Waals surface area contributed by atoms with Crippen LogP contribution in [0.25, 0.3) is 10.6 Å². The number of alkyl halides is 3. The van der Waals surface area contributed by atoms with E-state index in [0.29, 0.717) is 29.9 Å². The maximum atomic E-state index is 13.2. The summed E-state index contributed by atoms with van der Waals surface area (Å²) in [5.41, 5.74) is 0.538. The van der Waals surface area contributed by atoms with Gasteiger partial charge in [-0.2, -0.15) is 17.5 Å². The Morgan fingerprint density at radius 1 is 1.17 bits per heavy atom. The van der Waals surface area contributed by atoms with Crippen molar-refractivity contribution >= 4 is 27.3 Å². The number of rotatable bonds is 6. The van der Waals surface area contributed by atoms with Crippen LogP contribution in [0.3, 0.4) is 0 Å². The summed E-state index contributed by atoms with van der Waals surface area (Å²) >= 11 is 0.438. The van der Waals surface area contributed by atoms with E-state index in [1.165, 1.54) is 6.07 Å². The minimum absolute atomic E-state index is 0.0887. The van der Waals surface area contributed by atoms with Crippen LogP contribution in [0.4, 0.5) is 17.6 Å². The van der Waals surface area contributed by atoms with E-state index in [1.807, 2.05) is 0 Å². The molecule has 1 saturated heterocycles. The molecule has 0 spiro atoms. The normalized spacial score (nSPS) is 19.1. The largest absolute Gasteiger partial charge is 0.443 e. The molecule has 0 aliphatic carbocycles. The molecule has 1 aliphatic heterocycles. The molecule has 1 N–H and O–H groups in total. The number of amides is 1. The van der Waals surface area contributed by atoms with E-state index >= 15 is 0 Å². The second kappa shape index (κ2) is 9.59. The Labute approximate surface area is 202 Å². The Morgan fingerprint density at radius 3 is 2.54 bits per heavy atom. The predicted molar refractivity (Wildman–Crippen MR) is 118 cm³/mol. The second-order valence-electron chi connectivity index (χ2n) is 7.87. The van der Waals surface area contributed by atoms with Crippen molar-refractivity contribution in [2.24, 2.45) is 0 Å². The first kappa shape index (κ1) is 25.1. The Balaban J connectivity index is 1.48. The highest BCUT2D eigenvalue weighted by atomic mass is 32.2. The van der Waals surface area contributed by atoms with Gasteiger partial charge in [0.2, 0.25) is 15.9 Å². The van der Waals surface area contributed by atoms with E-state index in [1.54, 1.807) is 6.92 Å². The number of thiazole rings is 1. The van der Waals surface area contributed by atoms with Gasteiger partial charge < -0.3 is 5.32 Å². The molecule has 0 unspecified atom stereocenters. The minimum Gasteiger partial charge on any atom is -0.349 e. The summed E-state index contributed by atoms with van der Waals surface area (Å²) in [6.07, 6.45) is -1.58. The lowest BCUT2D eigenvalue weighted by Gasteiger charge is -2.27. The Hall–Kier alpha value is -2.97. The van der Waals surface area contributed by atoms with Crippen molar-refractivity contribution < 1.29 is 30.8 Å². The smallest absolute Gasteiger partial charge is 0.349 e. The molecular formula is C21H19F4N5O3S2. The zero-order valence-electron chi connectivity index (χ0n) is 18.2. The number of nitrogens with zero attached hydrogens (tertiary/aromatic N) is 4. The number of hydrogen-bond acceptors (Lipinski definition) is 7. The standard InChI is InChI=1S/C21H19F4N5O3S2/c1-12-2-7-17(30(12)35(32,33)15-5-3-13(22)4-6-15)19(31)26-9-14-8-16(29-11-28-14)18-10-27-20(34-18)21(23,24)25/h3-6,8,10-12,17H,2,7,9H2,1H3,(H,26,31)/t12-,17-/m0/s1. The van der Waals surface area contributed by atoms with E-state index < -0.39 is 45.0 Å². The van der Waals surface area contributed by atoms with E-state index in [2.05, 4.69) is 20.3 Å². The molecule has 0 radical (unpaired) electrons. The van der Waals surface area contributed by atoms with E-state index in [-0.39, 0.29) is 22.0 Å². The number of benzene rings is 1. The van der Waals surface area contributed by atoms with Crippen LogP contribution in [0, 0.1) is 5.82 Å². The van der Waals surface area contributed by atoms with Crippen LogP contribution in [0.5, 0.6) is 0 Å². The Bertz CT molecular complexity index is 1330. The fourth-order valence-electron chi connectivity index (χ4n) is 3.79. The van der Waals surface area contributed by atoms with Gasteiger partial charge in [-0.3, -0.25) is 4.79 Å². The maximum Gasteiger partial charge on any atom is 0.443 e. The summed E-state index contributed by atoms with van der Waals surface area (Å²) in [5.74, 6) is -1.12. The minimum atomic E-state index is -4.56. The van der Waals surface area contributed by atoms with Gasteiger partial charge in [0.1, 0.15) is 18.2 Å². The molecule has 186 valence electrons. The van der Waals surface area contributed by atoms with Crippen LogP contribution < -0.4 is 5.32 Å². The highest BCUT2D eigenvalue weighted by molar-refractivity contribution is 7.89. The third kappa shape index (κ3) is 5.33. The zero-order valence-corrected chi connectivity index (χ0v) is 19.8. The highest BCUT2D eigenvalue weighted by Crippen LogP contribution is 2.36. The average Bonchev–Trinajstić information content (AvgIpc) is 3.46. The van der Waals surface area contributed by atoms with Gasteiger partial charge in [-0.05, 0) is 50.1 Å². The van der Waals surface area contributed by atoms with Crippen LogP contribution in [0.2, 0.25) is 0 Å². The number of nitrogens with one attached hydrogen (secondary N) is 1. The molecular weight excluding hydrogens is 510 g/mol. The summed E-state index contributed by atoms with van der Waals surface area (Å²) in [4.78, 5) is 24.4. The Kier molecular flexibility index (Phi) is 6.88. The Morgan fingerprint density at radius 2 is 1.89 bits per heavy atom. The van der Waals surface area contributed by atoms with Gasteiger partial charge in [-0.25, -0.2) is 27.8 Å². The average molecular weight is 530 g/mol. The number of aromatic nitrogens is 3. The molecule has 0 saturated carbocycles. The fourth-order valence-corrected chi connectivity index (χ4v) is 6.38. The lowest BCUT2D eigenvalue weighted by molar-refractivity contribution is -0.137. The van der Waals surface area contributed by atoms with Gasteiger partial charge in [0.05, 0.1) is 27.7 Å². The SMILES string of the molecule is C[C@H]1CC[C@@H](C(=O)NCc2cc(-c3cnc(C(F)(F)F)s3)ncn2)N1S(=O)(=O)c1ccc(F)cc1. The molecule has 4 rings (SSSR count). The lowest BCUT2D eigenvalue weighted by atomic mass is 10.2. The molecule has 2 atom stereocenters. The van der Waals surface area contributed by atoms with Crippen LogP contribution in [-0.2, 0) is 27.5 Å². The molecule has 1 fully saturated rings. The van der Waals surface area contributed by atoms with Crippen LogP contribution >= 0.6 is 11.3 Å². The molecule has 0 bridgehead atoms. The summed E-state index contributed by atoms with van der Waals surface area (Å²) < 4.78 is 79.1. The molecule has 1 aliphatic rings. The van der Waals surface area contributed by atoms with Gasteiger partial charge in [-0.15, -0.1) is 11.3 Å². The summed E-state index contributed by atoms with van der Waals surface area (Å²) in [6, 6.07) is 4.38. The van der Waals surface area contributed by atoms with Crippen molar-refractivity contribution in [2.75, 3.05) is 0 Å². The van der Waals surface area contributed by atoms with Crippen molar-refractivity contribution in [1.82, 2.24) is 24.6 Å². The van der Waals surface area contributed by atoms with Crippen molar-refractivity contribution in [3.05, 3.63) is 59.4 Å². The third-order valence-electron chi connectivity index (χ3n) is 5.46. The van der Waals surface area contributed by atoms with Crippen molar-refractivity contribution in [3.63, 3.8) is 0 Å². The van der Waals surface area contributed by atoms with Crippen LogP contribution in [-0.4, -0.2) is 45.7 Å². The number of carbonyl (C=O) groups is 1. The molecule has 3 aromatic rings. The third-order valence-corrected chi connectivity index (χ3v) is 8.56. The maximum absolute atomic E-state index is 13.2. The second-order valence-corrected chi connectivity index (χ2v) is 10.7. The van der Waals surface area contributed by atoms with E-state index in [0.717, 1.165) is 41.1 Å².